The van der Waals surface area contributed by atoms with Crippen molar-refractivity contribution < 1.29 is 19.9 Å². The maximum atomic E-state index is 12.0. The van der Waals surface area contributed by atoms with E-state index in [9.17, 15) is 25.1 Å². The SMILES string of the molecule is CN(C)C(=O)c1ccc([N+](=O)[O-])c(N2CC(O)C(O)C2)c1. The number of aliphatic hydroxyl groups is 2. The second-order valence-corrected chi connectivity index (χ2v) is 5.20. The van der Waals surface area contributed by atoms with Gasteiger partial charge in [0.25, 0.3) is 11.6 Å². The molecule has 2 N–H and O–H groups in total. The van der Waals surface area contributed by atoms with Gasteiger partial charge in [0.1, 0.15) is 5.69 Å². The van der Waals surface area contributed by atoms with Gasteiger partial charge < -0.3 is 20.0 Å². The summed E-state index contributed by atoms with van der Waals surface area (Å²) in [7, 11) is 3.18. The van der Waals surface area contributed by atoms with Crippen LogP contribution in [0.2, 0.25) is 0 Å². The van der Waals surface area contributed by atoms with Crippen LogP contribution in [0.5, 0.6) is 0 Å². The van der Waals surface area contributed by atoms with Crippen molar-refractivity contribution in [2.45, 2.75) is 12.2 Å². The van der Waals surface area contributed by atoms with Crippen LogP contribution in [0.4, 0.5) is 11.4 Å². The zero-order valence-corrected chi connectivity index (χ0v) is 11.8. The highest BCUT2D eigenvalue weighted by Crippen LogP contribution is 2.32. The van der Waals surface area contributed by atoms with Crippen LogP contribution in [0.3, 0.4) is 0 Å². The van der Waals surface area contributed by atoms with Crippen LogP contribution >= 0.6 is 0 Å². The van der Waals surface area contributed by atoms with Crippen molar-refractivity contribution in [1.29, 1.82) is 0 Å². The summed E-state index contributed by atoms with van der Waals surface area (Å²) in [5.41, 5.74) is 0.381. The molecule has 1 amide bonds. The molecule has 0 aromatic heterocycles. The van der Waals surface area contributed by atoms with E-state index in [-0.39, 0.29) is 30.4 Å². The molecule has 1 aliphatic heterocycles. The molecule has 114 valence electrons. The number of nitrogens with zero attached hydrogens (tertiary/aromatic N) is 3. The lowest BCUT2D eigenvalue weighted by atomic mass is 10.1. The molecule has 0 spiro atoms. The molecule has 1 fully saturated rings. The van der Waals surface area contributed by atoms with Crippen molar-refractivity contribution in [3.05, 3.63) is 33.9 Å². The van der Waals surface area contributed by atoms with Crippen molar-refractivity contribution in [2.75, 3.05) is 32.1 Å². The van der Waals surface area contributed by atoms with Gasteiger partial charge in [0.2, 0.25) is 0 Å². The van der Waals surface area contributed by atoms with Gasteiger partial charge in [-0.2, -0.15) is 0 Å². The average molecular weight is 295 g/mol. The monoisotopic (exact) mass is 295 g/mol. The summed E-state index contributed by atoms with van der Waals surface area (Å²) in [4.78, 5) is 25.4. The van der Waals surface area contributed by atoms with E-state index < -0.39 is 17.1 Å². The highest BCUT2D eigenvalue weighted by atomic mass is 16.6. The van der Waals surface area contributed by atoms with E-state index >= 15 is 0 Å². The number of hydrogen-bond acceptors (Lipinski definition) is 6. The van der Waals surface area contributed by atoms with Crippen molar-refractivity contribution >= 4 is 17.3 Å². The number of benzene rings is 1. The van der Waals surface area contributed by atoms with Crippen LogP contribution in [0, 0.1) is 10.1 Å². The van der Waals surface area contributed by atoms with Crippen LogP contribution in [-0.4, -0.2) is 65.3 Å². The van der Waals surface area contributed by atoms with Crippen LogP contribution in [0.1, 0.15) is 10.4 Å². The van der Waals surface area contributed by atoms with Gasteiger partial charge in [-0.05, 0) is 12.1 Å². The van der Waals surface area contributed by atoms with Gasteiger partial charge in [-0.3, -0.25) is 14.9 Å². The van der Waals surface area contributed by atoms with Gasteiger partial charge in [0, 0.05) is 38.8 Å². The van der Waals surface area contributed by atoms with E-state index in [4.69, 9.17) is 0 Å². The largest absolute Gasteiger partial charge is 0.389 e. The summed E-state index contributed by atoms with van der Waals surface area (Å²) >= 11 is 0. The minimum Gasteiger partial charge on any atom is -0.389 e. The third-order valence-electron chi connectivity index (χ3n) is 3.42. The van der Waals surface area contributed by atoms with E-state index in [1.165, 1.54) is 28.0 Å². The first kappa shape index (κ1) is 15.2. The molecule has 0 bridgehead atoms. The molecule has 8 nitrogen and oxygen atoms in total. The highest BCUT2D eigenvalue weighted by molar-refractivity contribution is 5.95. The normalized spacial score (nSPS) is 21.4. The third kappa shape index (κ3) is 2.96. The van der Waals surface area contributed by atoms with E-state index in [1.807, 2.05) is 0 Å². The lowest BCUT2D eigenvalue weighted by Gasteiger charge is -2.19. The number of nitro benzene ring substituents is 1. The molecule has 1 saturated heterocycles. The van der Waals surface area contributed by atoms with E-state index in [2.05, 4.69) is 0 Å². The number of β-amino-alcohol motifs (C(OH)–C–C–N with tert-alkyl or cyclic N) is 2. The Labute approximate surface area is 121 Å². The summed E-state index contributed by atoms with van der Waals surface area (Å²) in [6.45, 7) is 0.170. The summed E-state index contributed by atoms with van der Waals surface area (Å²) < 4.78 is 0. The number of nitro groups is 1. The number of rotatable bonds is 3. The minimum atomic E-state index is -0.960. The fourth-order valence-corrected chi connectivity index (χ4v) is 2.29. The first-order valence-corrected chi connectivity index (χ1v) is 6.42. The Bertz CT molecular complexity index is 565. The van der Waals surface area contributed by atoms with Crippen molar-refractivity contribution in [2.24, 2.45) is 0 Å². The molecular formula is C13H17N3O5. The van der Waals surface area contributed by atoms with E-state index in [1.54, 1.807) is 14.1 Å². The Balaban J connectivity index is 2.43. The Morgan fingerprint density at radius 2 is 1.90 bits per heavy atom. The lowest BCUT2D eigenvalue weighted by molar-refractivity contribution is -0.384. The summed E-state index contributed by atoms with van der Waals surface area (Å²) in [6, 6.07) is 4.08. The maximum Gasteiger partial charge on any atom is 0.292 e. The Morgan fingerprint density at radius 1 is 1.33 bits per heavy atom. The number of carbonyl (C=O) groups is 1. The second kappa shape index (κ2) is 5.66. The van der Waals surface area contributed by atoms with Crippen molar-refractivity contribution in [3.63, 3.8) is 0 Å². The summed E-state index contributed by atoms with van der Waals surface area (Å²) in [5, 5.41) is 30.3. The van der Waals surface area contributed by atoms with Crippen LogP contribution < -0.4 is 4.90 Å². The second-order valence-electron chi connectivity index (χ2n) is 5.20. The predicted molar refractivity (Wildman–Crippen MR) is 75.3 cm³/mol. The number of anilines is 1. The Hall–Kier alpha value is -2.19. The minimum absolute atomic E-state index is 0.0849. The predicted octanol–water partition coefficient (Wildman–Crippen LogP) is -0.162. The van der Waals surface area contributed by atoms with Gasteiger partial charge in [-0.1, -0.05) is 0 Å². The zero-order chi connectivity index (χ0) is 15.7. The van der Waals surface area contributed by atoms with E-state index in [0.717, 1.165) is 0 Å². The van der Waals surface area contributed by atoms with Crippen LogP contribution in [0.15, 0.2) is 18.2 Å². The summed E-state index contributed by atoms with van der Waals surface area (Å²) in [6.07, 6.45) is -1.92. The van der Waals surface area contributed by atoms with Gasteiger partial charge in [0.15, 0.2) is 0 Å². The fourth-order valence-electron chi connectivity index (χ4n) is 2.29. The first-order chi connectivity index (χ1) is 9.81. The number of hydrogen-bond donors (Lipinski definition) is 2. The molecular weight excluding hydrogens is 278 g/mol. The molecule has 1 aliphatic rings. The lowest BCUT2D eigenvalue weighted by Crippen LogP contribution is -2.24. The molecule has 1 heterocycles. The average Bonchev–Trinajstić information content (AvgIpc) is 2.76. The quantitative estimate of drug-likeness (QED) is 0.592. The zero-order valence-electron chi connectivity index (χ0n) is 11.8. The van der Waals surface area contributed by atoms with Gasteiger partial charge >= 0.3 is 0 Å². The van der Waals surface area contributed by atoms with Crippen LogP contribution in [-0.2, 0) is 0 Å². The summed E-state index contributed by atoms with van der Waals surface area (Å²) in [5.74, 6) is -0.272. The number of amides is 1. The number of carbonyl (C=O) groups excluding carboxylic acids is 1. The van der Waals surface area contributed by atoms with Crippen LogP contribution in [0.25, 0.3) is 0 Å². The van der Waals surface area contributed by atoms with Crippen molar-refractivity contribution in [1.82, 2.24) is 4.90 Å². The Morgan fingerprint density at radius 3 is 2.38 bits per heavy atom. The molecule has 1 aromatic rings. The standard InChI is InChI=1S/C13H17N3O5/c1-14(2)13(19)8-3-4-9(16(20)21)10(5-8)15-6-11(17)12(18)7-15/h3-5,11-12,17-18H,6-7H2,1-2H3. The molecule has 2 rings (SSSR count). The van der Waals surface area contributed by atoms with Gasteiger partial charge in [-0.15, -0.1) is 0 Å². The fraction of sp³-hybridized carbons (Fsp3) is 0.462. The van der Waals surface area contributed by atoms with Gasteiger partial charge in [-0.25, -0.2) is 0 Å². The molecule has 21 heavy (non-hydrogen) atoms. The van der Waals surface area contributed by atoms with Gasteiger partial charge in [0.05, 0.1) is 17.1 Å². The Kier molecular flexibility index (Phi) is 4.10. The number of aliphatic hydroxyl groups excluding tert-OH is 2. The molecule has 2 atom stereocenters. The molecule has 8 heteroatoms. The topological polar surface area (TPSA) is 107 Å². The molecule has 1 aromatic carbocycles. The van der Waals surface area contributed by atoms with E-state index in [0.29, 0.717) is 5.56 Å². The molecule has 0 aliphatic carbocycles. The smallest absolute Gasteiger partial charge is 0.292 e. The molecule has 2 unspecified atom stereocenters. The highest BCUT2D eigenvalue weighted by Gasteiger charge is 2.33. The van der Waals surface area contributed by atoms with Crippen molar-refractivity contribution in [3.8, 4) is 0 Å². The third-order valence-corrected chi connectivity index (χ3v) is 3.42. The maximum absolute atomic E-state index is 12.0. The molecule has 0 saturated carbocycles. The first-order valence-electron chi connectivity index (χ1n) is 6.42. The molecule has 0 radical (unpaired) electrons.